The number of nitrogens with zero attached hydrogens (tertiary/aromatic N) is 3. The fourth-order valence-electron chi connectivity index (χ4n) is 12.9. The van der Waals surface area contributed by atoms with Gasteiger partial charge in [0.2, 0.25) is 59.1 Å². The molecule has 1 aliphatic heterocycles. The van der Waals surface area contributed by atoms with Gasteiger partial charge >= 0.3 is 11.2 Å². The summed E-state index contributed by atoms with van der Waals surface area (Å²) >= 11 is 9.15. The van der Waals surface area contributed by atoms with E-state index in [1.807, 2.05) is 93.5 Å². The normalized spacial score (nSPS) is 16.3. The summed E-state index contributed by atoms with van der Waals surface area (Å²) in [6.07, 6.45) is 6.43. The number of rotatable bonds is 36. The average Bonchev–Trinajstić information content (AvgIpc) is 1.43. The highest BCUT2D eigenvalue weighted by molar-refractivity contribution is 7.81. The van der Waals surface area contributed by atoms with Crippen molar-refractivity contribution in [3.63, 3.8) is 0 Å². The van der Waals surface area contributed by atoms with E-state index in [-0.39, 0.29) is 67.6 Å². The molecule has 6 aromatic rings. The first-order valence-electron chi connectivity index (χ1n) is 36.0. The van der Waals surface area contributed by atoms with E-state index < -0.39 is 137 Å². The number of unbranched alkanes of at least 4 members (excludes halogenated alkanes) is 1. The van der Waals surface area contributed by atoms with Crippen LogP contribution in [-0.4, -0.2) is 183 Å². The predicted octanol–water partition coefficient (Wildman–Crippen LogP) is 3.58. The smallest absolute Gasteiger partial charge is 0.363 e. The van der Waals surface area contributed by atoms with Crippen LogP contribution in [0.2, 0.25) is 0 Å². The van der Waals surface area contributed by atoms with Gasteiger partial charge < -0.3 is 78.0 Å². The van der Waals surface area contributed by atoms with Crippen LogP contribution in [0, 0.1) is 5.92 Å². The molecule has 0 saturated carbocycles. The number of imide groups is 1. The maximum atomic E-state index is 14.6. The van der Waals surface area contributed by atoms with Crippen LogP contribution < -0.4 is 73.6 Å². The molecule has 1 saturated heterocycles. The summed E-state index contributed by atoms with van der Waals surface area (Å²) in [5.74, 6) is -10.6. The number of aromatic carboxylic acids is 1. The van der Waals surface area contributed by atoms with Crippen molar-refractivity contribution in [2.24, 2.45) is 17.4 Å². The Morgan fingerprint density at radius 1 is 0.694 bits per heavy atom. The van der Waals surface area contributed by atoms with Crippen molar-refractivity contribution in [3.8, 4) is 16.9 Å². The van der Waals surface area contributed by atoms with Crippen LogP contribution in [0.15, 0.2) is 126 Å². The third kappa shape index (κ3) is 22.7. The third-order valence-corrected chi connectivity index (χ3v) is 19.8. The summed E-state index contributed by atoms with van der Waals surface area (Å²) in [4.78, 5) is 169. The molecule has 576 valence electrons. The number of fused-ring (bicyclic) bond motifs is 2. The van der Waals surface area contributed by atoms with E-state index in [9.17, 15) is 62.6 Å². The molecule has 0 radical (unpaired) electrons. The lowest BCUT2D eigenvalue weighted by molar-refractivity contribution is -0.255. The molecule has 28 nitrogen and oxygen atoms in total. The first-order valence-corrected chi connectivity index (χ1v) is 37.1. The van der Waals surface area contributed by atoms with Crippen molar-refractivity contribution in [1.29, 1.82) is 0 Å². The van der Waals surface area contributed by atoms with Crippen molar-refractivity contribution in [3.05, 3.63) is 144 Å². The summed E-state index contributed by atoms with van der Waals surface area (Å²) < 4.78 is 11.4. The van der Waals surface area contributed by atoms with E-state index in [0.29, 0.717) is 83.1 Å². The number of ether oxygens (including phenoxy) is 1. The van der Waals surface area contributed by atoms with Crippen LogP contribution >= 0.6 is 25.3 Å². The molecule has 2 heterocycles. The first kappa shape index (κ1) is 83.1. The Balaban J connectivity index is 0.829. The lowest BCUT2D eigenvalue weighted by Crippen LogP contribution is -2.61. The number of benzene rings is 5. The minimum atomic E-state index is -1.72. The molecule has 1 aliphatic carbocycles. The fourth-order valence-corrected chi connectivity index (χ4v) is 13.6. The molecule has 12 N–H and O–H groups in total. The number of thiol groups is 2. The minimum absolute atomic E-state index is 0.0145. The average molecular weight is 1520 g/mol. The van der Waals surface area contributed by atoms with Gasteiger partial charge in [0.25, 0.3) is 5.91 Å². The summed E-state index contributed by atoms with van der Waals surface area (Å²) in [6, 6.07) is 21.8. The fraction of sp³-hybridized carbons (Fsp3) is 0.423. The van der Waals surface area contributed by atoms with Crippen molar-refractivity contribution in [2.45, 2.75) is 145 Å². The number of primary amides is 1. The highest BCUT2D eigenvalue weighted by Crippen LogP contribution is 2.41. The summed E-state index contributed by atoms with van der Waals surface area (Å²) in [6.45, 7) is 5.02. The number of allylic oxidation sites excluding steroid dienone is 2. The van der Waals surface area contributed by atoms with Gasteiger partial charge in [0, 0.05) is 99.1 Å². The predicted molar refractivity (Wildman–Crippen MR) is 415 cm³/mol. The lowest BCUT2D eigenvalue weighted by atomic mass is 9.90. The SMILES string of the molecule is CCOc1ccc(C[C@@H](NC(=O)CC2(S)CC=CCC2)C(=O)N[C@@H](Cc2ccccc2)C(=O)N[C@H](C(=O)N[C@@H](CC(N)=O)C(=O)N[C@@H](CS)C(=O)N2CCC[C@H]2C(=O)NC(=O)CNC(=O)[C@@H](N)CCCCNC(=O)c2ccc(C(=O)[O-])c(-c3c4ccc(N(C)C)cc4[o+]c4cc(N(C)C)ccc34)c2)C(C)C)cc1. The van der Waals surface area contributed by atoms with E-state index in [1.54, 1.807) is 68.4 Å². The van der Waals surface area contributed by atoms with E-state index in [1.165, 1.54) is 18.2 Å². The number of hydrogen-bond acceptors (Lipinski definition) is 19. The quantitative estimate of drug-likeness (QED) is 0.00879. The molecule has 0 bridgehead atoms. The van der Waals surface area contributed by atoms with Crippen LogP contribution in [0.3, 0.4) is 0 Å². The summed E-state index contributed by atoms with van der Waals surface area (Å²) in [7, 11) is 7.55. The molecule has 1 aromatic heterocycles. The largest absolute Gasteiger partial charge is 0.545 e. The first-order chi connectivity index (χ1) is 51.5. The maximum absolute atomic E-state index is 14.6. The molecular weight excluding hydrogens is 1420 g/mol. The topological polar surface area (TPSA) is 406 Å². The van der Waals surface area contributed by atoms with E-state index in [0.717, 1.165) is 22.7 Å². The third-order valence-electron chi connectivity index (χ3n) is 18.8. The summed E-state index contributed by atoms with van der Waals surface area (Å²) in [5, 5.41) is 34.8. The van der Waals surface area contributed by atoms with Gasteiger partial charge in [0.15, 0.2) is 0 Å². The van der Waals surface area contributed by atoms with Crippen LogP contribution in [-0.2, 0) is 60.8 Å². The standard InChI is InChI=1S/C78H97N13O15S2/c1-8-105-51-27-22-47(23-28-51)37-57(83-65(93)42-78(108)32-14-10-15-33-78)71(97)84-58(36-46-18-11-9-12-19-46)73(99)88-68(45(2)3)75(101)85-59(41-64(80)92)72(98)86-60(44-107)76(102)91-35-17-21-61(91)74(100)87-66(94)43-82-70(96)56(79)20-13-16-34-81-69(95)48-24-29-52(77(103)104)55(38-48)67-53-30-25-49(89(4)5)39-62(53)106-63-40-50(90(6)7)26-31-54(63)67/h9-12,14,18-19,22-31,38-40,45,56-61,68H,8,13,15-17,20-21,32-37,41-44,79H2,1-7H3,(H12-,80,81,82,83,84,85,86,87,88,92,93,94,95,96,97,98,99,100,101,103,104,107,108)/t56-,57+,58-,59-,60-,61-,68-,78?/m0/s1. The Morgan fingerprint density at radius 3 is 1.90 bits per heavy atom. The molecule has 11 amide bonds. The van der Waals surface area contributed by atoms with Gasteiger partial charge in [0.1, 0.15) is 42.0 Å². The van der Waals surface area contributed by atoms with Crippen LogP contribution in [0.1, 0.15) is 117 Å². The molecule has 0 spiro atoms. The van der Waals surface area contributed by atoms with Gasteiger partial charge in [-0.1, -0.05) is 74.5 Å². The number of nitrogens with one attached hydrogen (secondary N) is 8. The Hall–Kier alpha value is -10.6. The zero-order valence-electron chi connectivity index (χ0n) is 61.7. The number of amides is 11. The highest BCUT2D eigenvalue weighted by Gasteiger charge is 2.41. The summed E-state index contributed by atoms with van der Waals surface area (Å²) in [5.41, 5.74) is 16.6. The van der Waals surface area contributed by atoms with Crippen LogP contribution in [0.5, 0.6) is 5.75 Å². The number of carbonyl (C=O) groups excluding carboxylic acids is 12. The molecule has 30 heteroatoms. The molecule has 2 aliphatic rings. The van der Waals surface area contributed by atoms with Gasteiger partial charge in [0.05, 0.1) is 54.5 Å². The van der Waals surface area contributed by atoms with Gasteiger partial charge in [-0.25, -0.2) is 4.42 Å². The van der Waals surface area contributed by atoms with Gasteiger partial charge in [-0.3, -0.25) is 58.1 Å². The second kappa shape index (κ2) is 38.8. The second-order valence-corrected chi connectivity index (χ2v) is 29.1. The number of anilines is 2. The van der Waals surface area contributed by atoms with Crippen LogP contribution in [0.25, 0.3) is 33.1 Å². The zero-order chi connectivity index (χ0) is 78.5. The Morgan fingerprint density at radius 2 is 1.31 bits per heavy atom. The molecule has 8 atom stereocenters. The molecule has 1 fully saturated rings. The Bertz CT molecular complexity index is 4270. The molecule has 5 aromatic carbocycles. The van der Waals surface area contributed by atoms with Crippen molar-refractivity contribution in [2.75, 3.05) is 70.0 Å². The lowest BCUT2D eigenvalue weighted by Gasteiger charge is -2.30. The van der Waals surface area contributed by atoms with Gasteiger partial charge in [-0.05, 0) is 129 Å². The highest BCUT2D eigenvalue weighted by atomic mass is 32.1. The van der Waals surface area contributed by atoms with Crippen molar-refractivity contribution >= 4 is 130 Å². The van der Waals surface area contributed by atoms with Crippen molar-refractivity contribution < 1.29 is 71.8 Å². The number of hydrogen-bond donors (Lipinski definition) is 12. The molecule has 108 heavy (non-hydrogen) atoms. The van der Waals surface area contributed by atoms with Gasteiger partial charge in [-0.2, -0.15) is 25.3 Å². The Labute approximate surface area is 638 Å². The molecule has 1 unspecified atom stereocenters. The van der Waals surface area contributed by atoms with E-state index in [4.69, 9.17) is 33.3 Å². The Kier molecular flexibility index (Phi) is 29.8. The second-order valence-electron chi connectivity index (χ2n) is 27.8. The van der Waals surface area contributed by atoms with Crippen LogP contribution in [0.4, 0.5) is 11.4 Å². The number of carboxylic acid groups (broad SMARTS) is 1. The van der Waals surface area contributed by atoms with Crippen molar-refractivity contribution in [1.82, 2.24) is 47.4 Å². The van der Waals surface area contributed by atoms with E-state index in [2.05, 4.69) is 55.2 Å². The van der Waals surface area contributed by atoms with E-state index >= 15 is 0 Å². The molecular formula is C78H97N13O15S2. The molecule has 8 rings (SSSR count). The maximum Gasteiger partial charge on any atom is 0.363 e. The number of likely N-dealkylation sites (tertiary alicyclic amines) is 1. The minimum Gasteiger partial charge on any atom is -0.545 e. The monoisotopic (exact) mass is 1520 g/mol. The van der Waals surface area contributed by atoms with Gasteiger partial charge in [-0.15, -0.1) is 0 Å². The zero-order valence-corrected chi connectivity index (χ0v) is 63.5. The number of nitrogens with two attached hydrogens (primary N) is 2. The number of carboxylic acids is 1. The number of carbonyl (C=O) groups is 12.